The third kappa shape index (κ3) is 5.41. The highest BCUT2D eigenvalue weighted by atomic mass is 16.5. The fourth-order valence-corrected chi connectivity index (χ4v) is 2.88. The third-order valence-electron chi connectivity index (χ3n) is 4.53. The molecule has 24 heavy (non-hydrogen) atoms. The number of amides is 2. The van der Waals surface area contributed by atoms with Crippen molar-refractivity contribution in [3.8, 4) is 5.75 Å². The number of benzene rings is 1. The molecule has 5 heteroatoms. The van der Waals surface area contributed by atoms with E-state index >= 15 is 0 Å². The first-order valence-corrected chi connectivity index (χ1v) is 8.88. The molecule has 1 aliphatic rings. The van der Waals surface area contributed by atoms with Crippen molar-refractivity contribution in [3.05, 3.63) is 29.8 Å². The summed E-state index contributed by atoms with van der Waals surface area (Å²) in [5.74, 6) is 1.56. The van der Waals surface area contributed by atoms with Gasteiger partial charge < -0.3 is 19.9 Å². The van der Waals surface area contributed by atoms with E-state index in [1.807, 2.05) is 31.1 Å². The van der Waals surface area contributed by atoms with Crippen molar-refractivity contribution < 1.29 is 9.53 Å². The zero-order valence-corrected chi connectivity index (χ0v) is 15.4. The van der Waals surface area contributed by atoms with Gasteiger partial charge in [0.1, 0.15) is 5.75 Å². The van der Waals surface area contributed by atoms with Crippen molar-refractivity contribution in [1.82, 2.24) is 15.1 Å². The molecule has 0 saturated heterocycles. The summed E-state index contributed by atoms with van der Waals surface area (Å²) < 4.78 is 5.22. The van der Waals surface area contributed by atoms with Crippen molar-refractivity contribution in [2.45, 2.75) is 32.2 Å². The van der Waals surface area contributed by atoms with Crippen LogP contribution in [0.25, 0.3) is 0 Å². The van der Waals surface area contributed by atoms with Gasteiger partial charge in [-0.3, -0.25) is 0 Å². The van der Waals surface area contributed by atoms with Gasteiger partial charge in [-0.1, -0.05) is 19.1 Å². The Morgan fingerprint density at radius 3 is 2.46 bits per heavy atom. The zero-order valence-electron chi connectivity index (χ0n) is 15.4. The molecular weight excluding hydrogens is 302 g/mol. The molecule has 0 aromatic heterocycles. The Hall–Kier alpha value is -1.75. The number of carbonyl (C=O) groups excluding carboxylic acids is 1. The molecule has 0 aliphatic heterocycles. The lowest BCUT2D eigenvalue weighted by atomic mass is 10.1. The van der Waals surface area contributed by atoms with Gasteiger partial charge in [-0.25, -0.2) is 4.79 Å². The van der Waals surface area contributed by atoms with E-state index < -0.39 is 0 Å². The van der Waals surface area contributed by atoms with Gasteiger partial charge in [0.15, 0.2) is 0 Å². The van der Waals surface area contributed by atoms with Crippen molar-refractivity contribution in [3.63, 3.8) is 0 Å². The van der Waals surface area contributed by atoms with Crippen LogP contribution in [0.2, 0.25) is 0 Å². The molecule has 1 saturated carbocycles. The van der Waals surface area contributed by atoms with Gasteiger partial charge in [-0.05, 0) is 57.0 Å². The van der Waals surface area contributed by atoms with E-state index in [1.54, 1.807) is 7.11 Å². The average Bonchev–Trinajstić information content (AvgIpc) is 3.39. The highest BCUT2D eigenvalue weighted by molar-refractivity contribution is 5.74. The average molecular weight is 333 g/mol. The molecule has 134 valence electrons. The maximum atomic E-state index is 12.5. The number of hydrogen-bond acceptors (Lipinski definition) is 3. The van der Waals surface area contributed by atoms with Crippen LogP contribution in [-0.2, 0) is 0 Å². The third-order valence-corrected chi connectivity index (χ3v) is 4.53. The van der Waals surface area contributed by atoms with E-state index in [4.69, 9.17) is 4.74 Å². The predicted molar refractivity (Wildman–Crippen MR) is 97.4 cm³/mol. The van der Waals surface area contributed by atoms with Crippen LogP contribution in [0.5, 0.6) is 5.75 Å². The molecule has 0 heterocycles. The minimum absolute atomic E-state index is 0.0594. The first kappa shape index (κ1) is 18.6. The number of carbonyl (C=O) groups is 1. The molecule has 2 rings (SSSR count). The Morgan fingerprint density at radius 1 is 1.29 bits per heavy atom. The van der Waals surface area contributed by atoms with Crippen LogP contribution in [0.4, 0.5) is 4.79 Å². The number of hydrogen-bond donors (Lipinski definition) is 1. The van der Waals surface area contributed by atoms with Gasteiger partial charge in [-0.15, -0.1) is 0 Å². The van der Waals surface area contributed by atoms with Gasteiger partial charge in [0, 0.05) is 19.6 Å². The molecule has 1 fully saturated rings. The van der Waals surface area contributed by atoms with Gasteiger partial charge in [0.25, 0.3) is 0 Å². The van der Waals surface area contributed by atoms with Crippen LogP contribution in [0.15, 0.2) is 24.3 Å². The number of rotatable bonds is 9. The monoisotopic (exact) mass is 333 g/mol. The second-order valence-corrected chi connectivity index (χ2v) is 6.83. The van der Waals surface area contributed by atoms with E-state index in [-0.39, 0.29) is 12.1 Å². The van der Waals surface area contributed by atoms with E-state index in [1.165, 1.54) is 18.4 Å². The summed E-state index contributed by atoms with van der Waals surface area (Å²) >= 11 is 0. The van der Waals surface area contributed by atoms with Crippen LogP contribution < -0.4 is 10.1 Å². The Labute approximate surface area is 146 Å². The molecular formula is C19H31N3O2. The topological polar surface area (TPSA) is 44.8 Å². The van der Waals surface area contributed by atoms with Gasteiger partial charge in [0.2, 0.25) is 0 Å². The maximum absolute atomic E-state index is 12.5. The van der Waals surface area contributed by atoms with Crippen LogP contribution in [0.1, 0.15) is 37.8 Å². The lowest BCUT2D eigenvalue weighted by Gasteiger charge is -2.28. The molecule has 2 amide bonds. The summed E-state index contributed by atoms with van der Waals surface area (Å²) in [6, 6.07) is 8.25. The number of nitrogens with one attached hydrogen (secondary N) is 1. The van der Waals surface area contributed by atoms with E-state index in [0.717, 1.165) is 25.3 Å². The second kappa shape index (κ2) is 8.92. The largest absolute Gasteiger partial charge is 0.497 e. The fraction of sp³-hybridized carbons (Fsp3) is 0.632. The summed E-state index contributed by atoms with van der Waals surface area (Å²) in [5.41, 5.74) is 1.17. The number of nitrogens with zero attached hydrogens (tertiary/aromatic N) is 2. The van der Waals surface area contributed by atoms with E-state index in [0.29, 0.717) is 12.5 Å². The summed E-state index contributed by atoms with van der Waals surface area (Å²) in [6.45, 7) is 4.45. The van der Waals surface area contributed by atoms with Gasteiger partial charge in [-0.2, -0.15) is 0 Å². The predicted octanol–water partition coefficient (Wildman–Crippen LogP) is 3.13. The smallest absolute Gasteiger partial charge is 0.317 e. The molecule has 0 radical (unpaired) electrons. The number of likely N-dealkylation sites (N-methyl/N-ethyl adjacent to an activating group) is 1. The summed E-state index contributed by atoms with van der Waals surface area (Å²) in [6.07, 6.45) is 3.52. The number of ether oxygens (including phenoxy) is 1. The molecule has 1 aromatic rings. The van der Waals surface area contributed by atoms with Crippen LogP contribution >= 0.6 is 0 Å². The van der Waals surface area contributed by atoms with E-state index in [9.17, 15) is 4.79 Å². The van der Waals surface area contributed by atoms with Crippen LogP contribution in [0.3, 0.4) is 0 Å². The van der Waals surface area contributed by atoms with Crippen LogP contribution in [-0.4, -0.2) is 56.7 Å². The molecule has 1 aromatic carbocycles. The minimum Gasteiger partial charge on any atom is -0.497 e. The zero-order chi connectivity index (χ0) is 17.5. The van der Waals surface area contributed by atoms with Crippen molar-refractivity contribution in [2.24, 2.45) is 5.92 Å². The van der Waals surface area contributed by atoms with Gasteiger partial charge in [0.05, 0.1) is 13.2 Å². The first-order chi connectivity index (χ1) is 11.5. The van der Waals surface area contributed by atoms with Crippen molar-refractivity contribution in [2.75, 3.05) is 40.8 Å². The Bertz CT molecular complexity index is 512. The second-order valence-electron chi connectivity index (χ2n) is 6.83. The lowest BCUT2D eigenvalue weighted by Crippen LogP contribution is -2.44. The molecule has 1 atom stereocenters. The van der Waals surface area contributed by atoms with Crippen LogP contribution in [0, 0.1) is 5.92 Å². The Kier molecular flexibility index (Phi) is 6.91. The normalized spacial score (nSPS) is 15.2. The Morgan fingerprint density at radius 2 is 1.96 bits per heavy atom. The summed E-state index contributed by atoms with van der Waals surface area (Å²) in [5, 5.41) is 3.12. The molecule has 5 nitrogen and oxygen atoms in total. The lowest BCUT2D eigenvalue weighted by molar-refractivity contribution is 0.190. The molecule has 0 spiro atoms. The molecule has 1 N–H and O–H groups in total. The standard InChI is InChI=1S/C19H31N3O2/c1-5-12-22(14-15-6-7-15)19(23)20-13-18(21(2)3)16-8-10-17(24-4)11-9-16/h8-11,15,18H,5-7,12-14H2,1-4H3,(H,20,23). The SMILES string of the molecule is CCCN(CC1CC1)C(=O)NCC(c1ccc(OC)cc1)N(C)C. The summed E-state index contributed by atoms with van der Waals surface area (Å²) in [4.78, 5) is 16.6. The highest BCUT2D eigenvalue weighted by Crippen LogP contribution is 2.29. The number of methoxy groups -OCH3 is 1. The summed E-state index contributed by atoms with van der Waals surface area (Å²) in [7, 11) is 5.74. The van der Waals surface area contributed by atoms with Crippen molar-refractivity contribution >= 4 is 6.03 Å². The highest BCUT2D eigenvalue weighted by Gasteiger charge is 2.26. The van der Waals surface area contributed by atoms with Gasteiger partial charge >= 0.3 is 6.03 Å². The minimum atomic E-state index is 0.0594. The Balaban J connectivity index is 1.94. The fourth-order valence-electron chi connectivity index (χ4n) is 2.88. The maximum Gasteiger partial charge on any atom is 0.317 e. The molecule has 1 unspecified atom stereocenters. The van der Waals surface area contributed by atoms with E-state index in [2.05, 4.69) is 29.3 Å². The molecule has 1 aliphatic carbocycles. The molecule has 0 bridgehead atoms. The number of urea groups is 1. The quantitative estimate of drug-likeness (QED) is 0.755. The first-order valence-electron chi connectivity index (χ1n) is 8.88. The van der Waals surface area contributed by atoms with Crippen molar-refractivity contribution in [1.29, 1.82) is 0 Å².